The first-order valence-electron chi connectivity index (χ1n) is 23.8. The van der Waals surface area contributed by atoms with Gasteiger partial charge in [0.05, 0.1) is 134 Å². The van der Waals surface area contributed by atoms with Gasteiger partial charge in [0.15, 0.2) is 23.0 Å². The third kappa shape index (κ3) is 11.7. The lowest BCUT2D eigenvalue weighted by Gasteiger charge is -2.46. The zero-order valence-electron chi connectivity index (χ0n) is 42.0. The third-order valence-electron chi connectivity index (χ3n) is 14.4. The van der Waals surface area contributed by atoms with Crippen LogP contribution in [0.5, 0.6) is 34.5 Å². The zero-order valence-corrected chi connectivity index (χ0v) is 42.0. The maximum Gasteiger partial charge on any atom is 0.331 e. The Morgan fingerprint density at radius 2 is 1.04 bits per heavy atom. The molecule has 0 saturated heterocycles. The molecule has 4 N–H and O–H groups in total. The van der Waals surface area contributed by atoms with Crippen molar-refractivity contribution >= 4 is 11.9 Å². The minimum Gasteiger partial charge on any atom is -0.496 e. The fourth-order valence-electron chi connectivity index (χ4n) is 10.6. The summed E-state index contributed by atoms with van der Waals surface area (Å²) >= 11 is 0. The van der Waals surface area contributed by atoms with E-state index in [4.69, 9.17) is 37.9 Å². The molecule has 6 rings (SSSR count). The van der Waals surface area contributed by atoms with Crippen LogP contribution >= 0.6 is 0 Å². The summed E-state index contributed by atoms with van der Waals surface area (Å²) in [6, 6.07) is 15.4. The number of hydrogen-bond donors (Lipinski definition) is 4. The number of methoxy groups -OCH3 is 6. The van der Waals surface area contributed by atoms with Gasteiger partial charge in [-0.05, 0) is 57.1 Å². The monoisotopic (exact) mass is 972 g/mol. The molecular weight excluding hydrogens is 901 g/mol. The smallest absolute Gasteiger partial charge is 0.331 e. The summed E-state index contributed by atoms with van der Waals surface area (Å²) in [5.74, 6) is 2.28. The topological polar surface area (TPSA) is 189 Å². The van der Waals surface area contributed by atoms with Crippen molar-refractivity contribution in [1.82, 2.24) is 0 Å². The van der Waals surface area contributed by atoms with E-state index in [1.165, 1.54) is 0 Å². The van der Waals surface area contributed by atoms with Gasteiger partial charge in [0.25, 0.3) is 0 Å². The number of hydrogen-bond acceptors (Lipinski definition) is 14. The molecule has 2 aliphatic heterocycles. The van der Waals surface area contributed by atoms with Crippen LogP contribution in [0.2, 0.25) is 0 Å². The maximum atomic E-state index is 12.9. The SMILES string of the molecule is COc1ccc(CC2c3c(cc(OC)c(OC)c3OC)CC[N+]2(C)CCCOC(=O)/C=C/C(=O)OCCC[N+]2(C)CCc3cc(CO)c(CO)c(OC)c3C2Cc2ccc(CO)c(CO)c2)cc1OC. The zero-order chi connectivity index (χ0) is 50.6. The fourth-order valence-corrected chi connectivity index (χ4v) is 10.6. The van der Waals surface area contributed by atoms with E-state index in [0.717, 1.165) is 65.0 Å². The van der Waals surface area contributed by atoms with Crippen LogP contribution in [0.15, 0.2) is 60.7 Å². The number of nitrogens with zero attached hydrogens (tertiary/aromatic N) is 2. The molecule has 0 radical (unpaired) electrons. The molecule has 0 spiro atoms. The molecule has 70 heavy (non-hydrogen) atoms. The molecule has 4 atom stereocenters. The van der Waals surface area contributed by atoms with Gasteiger partial charge in [-0.3, -0.25) is 0 Å². The number of rotatable bonds is 24. The van der Waals surface area contributed by atoms with Gasteiger partial charge in [-0.15, -0.1) is 0 Å². The minimum atomic E-state index is -0.657. The second-order valence-corrected chi connectivity index (χ2v) is 18.4. The molecule has 16 nitrogen and oxygen atoms in total. The molecule has 4 aromatic rings. The highest BCUT2D eigenvalue weighted by Gasteiger charge is 2.44. The van der Waals surface area contributed by atoms with E-state index in [9.17, 15) is 30.0 Å². The summed E-state index contributed by atoms with van der Waals surface area (Å²) < 4.78 is 47.1. The number of likely N-dealkylation sites (N-methyl/N-ethyl adjacent to an activating group) is 2. The van der Waals surface area contributed by atoms with Crippen molar-refractivity contribution < 1.29 is 76.9 Å². The Balaban J connectivity index is 1.08. The lowest BCUT2D eigenvalue weighted by Crippen LogP contribution is -2.53. The van der Waals surface area contributed by atoms with Crippen LogP contribution in [0.3, 0.4) is 0 Å². The average Bonchev–Trinajstić information content (AvgIpc) is 3.38. The number of ether oxygens (including phenoxy) is 8. The van der Waals surface area contributed by atoms with Crippen molar-refractivity contribution in [1.29, 1.82) is 0 Å². The van der Waals surface area contributed by atoms with Gasteiger partial charge in [-0.1, -0.05) is 30.3 Å². The van der Waals surface area contributed by atoms with Gasteiger partial charge in [0.2, 0.25) is 5.75 Å². The van der Waals surface area contributed by atoms with Crippen molar-refractivity contribution in [2.75, 3.05) is 96.1 Å². The molecular formula is C54H72N2O14+2. The number of aliphatic hydroxyl groups excluding tert-OH is 4. The molecule has 4 aromatic carbocycles. The van der Waals surface area contributed by atoms with Crippen LogP contribution < -0.4 is 28.4 Å². The molecule has 4 unspecified atom stereocenters. The molecule has 16 heteroatoms. The minimum absolute atomic E-state index is 0.0740. The van der Waals surface area contributed by atoms with Gasteiger partial charge in [0.1, 0.15) is 17.8 Å². The van der Waals surface area contributed by atoms with E-state index in [1.807, 2.05) is 48.5 Å². The molecule has 0 aromatic heterocycles. The van der Waals surface area contributed by atoms with Crippen molar-refractivity contribution in [3.63, 3.8) is 0 Å². The van der Waals surface area contributed by atoms with Crippen molar-refractivity contribution in [3.8, 4) is 34.5 Å². The molecule has 0 aliphatic carbocycles. The number of benzene rings is 4. The Bertz CT molecular complexity index is 2320. The number of quaternary nitrogens is 2. The summed E-state index contributed by atoms with van der Waals surface area (Å²) in [5.41, 5.74) is 8.60. The molecule has 2 aliphatic rings. The van der Waals surface area contributed by atoms with Crippen LogP contribution in [0, 0.1) is 0 Å². The predicted molar refractivity (Wildman–Crippen MR) is 261 cm³/mol. The van der Waals surface area contributed by atoms with Crippen molar-refractivity contribution in [3.05, 3.63) is 116 Å². The van der Waals surface area contributed by atoms with E-state index in [2.05, 4.69) is 14.1 Å². The lowest BCUT2D eigenvalue weighted by molar-refractivity contribution is -0.941. The van der Waals surface area contributed by atoms with Gasteiger partial charge in [-0.2, -0.15) is 0 Å². The van der Waals surface area contributed by atoms with Crippen LogP contribution in [-0.2, 0) is 71.2 Å². The lowest BCUT2D eigenvalue weighted by atomic mass is 9.82. The maximum absolute atomic E-state index is 12.9. The van der Waals surface area contributed by atoms with E-state index >= 15 is 0 Å². The number of carbonyl (C=O) groups is 2. The highest BCUT2D eigenvalue weighted by molar-refractivity contribution is 5.91. The van der Waals surface area contributed by atoms with Gasteiger partial charge in [-0.25, -0.2) is 9.59 Å². The van der Waals surface area contributed by atoms with Gasteiger partial charge in [0, 0.05) is 56.2 Å². The second kappa shape index (κ2) is 24.3. The summed E-state index contributed by atoms with van der Waals surface area (Å²) in [7, 11) is 14.0. The first-order chi connectivity index (χ1) is 33.8. The quantitative estimate of drug-likeness (QED) is 0.0302. The summed E-state index contributed by atoms with van der Waals surface area (Å²) in [5, 5.41) is 40.5. The third-order valence-corrected chi connectivity index (χ3v) is 14.4. The first kappa shape index (κ1) is 53.5. The molecule has 0 saturated carbocycles. The molecule has 0 fully saturated rings. The summed E-state index contributed by atoms with van der Waals surface area (Å²) in [4.78, 5) is 25.8. The van der Waals surface area contributed by atoms with Crippen LogP contribution in [0.1, 0.15) is 80.6 Å². The van der Waals surface area contributed by atoms with E-state index in [-0.39, 0.29) is 51.7 Å². The predicted octanol–water partition coefficient (Wildman–Crippen LogP) is 5.40. The average molecular weight is 973 g/mol. The summed E-state index contributed by atoms with van der Waals surface area (Å²) in [6.07, 6.45) is 5.92. The number of fused-ring (bicyclic) bond motifs is 2. The molecule has 380 valence electrons. The van der Waals surface area contributed by atoms with Crippen LogP contribution in [0.25, 0.3) is 0 Å². The number of carbonyl (C=O) groups excluding carboxylic acids is 2. The number of esters is 2. The normalized spacial score (nSPS) is 19.5. The van der Waals surface area contributed by atoms with E-state index < -0.39 is 11.9 Å². The Morgan fingerprint density at radius 3 is 1.54 bits per heavy atom. The standard InChI is InChI=1S/C54H72N2O14/c1-55(21-17-37-29-41(33-59)42(34-60)52(66-6)50(37)43(55)26-35-11-13-39(31-57)40(25-35)32-58)19-9-23-69-48(61)15-16-49(62)70-24-10-20-56(2)22-18-38-30-47(65-5)53(67-7)54(68-8)51(38)44(56)27-36-12-14-45(63-3)46(28-36)64-4/h11-16,25,28-30,43-44,57-60H,9-10,17-24,26-27,31-34H2,1-8H3/q+2/b16-15+. The van der Waals surface area contributed by atoms with Gasteiger partial charge >= 0.3 is 11.9 Å². The summed E-state index contributed by atoms with van der Waals surface area (Å²) in [6.45, 7) is 2.16. The van der Waals surface area contributed by atoms with Crippen LogP contribution in [0.4, 0.5) is 0 Å². The Morgan fingerprint density at radius 1 is 0.543 bits per heavy atom. The van der Waals surface area contributed by atoms with Gasteiger partial charge < -0.3 is 67.3 Å². The highest BCUT2D eigenvalue weighted by Crippen LogP contribution is 2.51. The molecule has 2 heterocycles. The second-order valence-electron chi connectivity index (χ2n) is 18.4. The van der Waals surface area contributed by atoms with Crippen molar-refractivity contribution in [2.24, 2.45) is 0 Å². The van der Waals surface area contributed by atoms with E-state index in [1.54, 1.807) is 42.7 Å². The van der Waals surface area contributed by atoms with Crippen molar-refractivity contribution in [2.45, 2.75) is 77.0 Å². The Kier molecular flexibility index (Phi) is 18.6. The first-order valence-corrected chi connectivity index (χ1v) is 23.8. The fraction of sp³-hybridized carbons (Fsp3) is 0.481. The van der Waals surface area contributed by atoms with Crippen LogP contribution in [-0.4, -0.2) is 137 Å². The number of aliphatic hydroxyl groups is 4. The Labute approximate surface area is 411 Å². The Hall–Kier alpha value is -5.88. The largest absolute Gasteiger partial charge is 0.496 e. The highest BCUT2D eigenvalue weighted by atomic mass is 16.5. The molecule has 0 amide bonds. The molecule has 0 bridgehead atoms. The van der Waals surface area contributed by atoms with E-state index in [0.29, 0.717) is 111 Å².